The number of likely N-dealkylation sites (N-methyl/N-ethyl adjacent to an activating group) is 1. The van der Waals surface area contributed by atoms with Gasteiger partial charge < -0.3 is 19.6 Å². The Morgan fingerprint density at radius 1 is 1.03 bits per heavy atom. The summed E-state index contributed by atoms with van der Waals surface area (Å²) in [4.78, 5) is 29.5. The maximum absolute atomic E-state index is 13.1. The standard InChI is InChI=1S/C26H32N2O4/c1-26(2,3)19-11-7-17(8-12-19)22-21(23(29)18-9-13-20(32-6)14-10-18)24(30)25(31)28(22)16-15-27(4)5/h7-14,22,29H,15-16H2,1-6H3. The largest absolute Gasteiger partial charge is 0.507 e. The van der Waals surface area contributed by atoms with Gasteiger partial charge in [-0.1, -0.05) is 45.0 Å². The first-order chi connectivity index (χ1) is 15.0. The molecule has 1 unspecified atom stereocenters. The minimum absolute atomic E-state index is 0.0195. The predicted molar refractivity (Wildman–Crippen MR) is 126 cm³/mol. The van der Waals surface area contributed by atoms with Gasteiger partial charge in [-0.2, -0.15) is 0 Å². The number of amides is 1. The van der Waals surface area contributed by atoms with Crippen molar-refractivity contribution in [2.75, 3.05) is 34.3 Å². The molecule has 2 aromatic carbocycles. The van der Waals surface area contributed by atoms with Gasteiger partial charge in [0.25, 0.3) is 11.7 Å². The number of Topliss-reactive ketones (excluding diaryl/α,β-unsaturated/α-hetero) is 1. The van der Waals surface area contributed by atoms with Crippen molar-refractivity contribution in [1.29, 1.82) is 0 Å². The van der Waals surface area contributed by atoms with Crippen molar-refractivity contribution in [3.63, 3.8) is 0 Å². The average molecular weight is 437 g/mol. The Morgan fingerprint density at radius 2 is 1.62 bits per heavy atom. The number of methoxy groups -OCH3 is 1. The number of hydrogen-bond donors (Lipinski definition) is 1. The summed E-state index contributed by atoms with van der Waals surface area (Å²) in [5, 5.41) is 11.1. The quantitative estimate of drug-likeness (QED) is 0.421. The molecule has 1 aliphatic heterocycles. The van der Waals surface area contributed by atoms with E-state index in [-0.39, 0.29) is 16.7 Å². The summed E-state index contributed by atoms with van der Waals surface area (Å²) in [6, 6.07) is 14.1. The van der Waals surface area contributed by atoms with Gasteiger partial charge in [-0.3, -0.25) is 9.59 Å². The van der Waals surface area contributed by atoms with Crippen molar-refractivity contribution in [3.8, 4) is 5.75 Å². The zero-order valence-electron chi connectivity index (χ0n) is 19.7. The van der Waals surface area contributed by atoms with Gasteiger partial charge >= 0.3 is 0 Å². The molecule has 0 spiro atoms. The number of aliphatic hydroxyl groups excluding tert-OH is 1. The van der Waals surface area contributed by atoms with Crippen molar-refractivity contribution >= 4 is 17.4 Å². The van der Waals surface area contributed by atoms with Crippen molar-refractivity contribution in [1.82, 2.24) is 9.80 Å². The highest BCUT2D eigenvalue weighted by Crippen LogP contribution is 2.40. The third-order valence-corrected chi connectivity index (χ3v) is 5.78. The van der Waals surface area contributed by atoms with Crippen molar-refractivity contribution in [2.24, 2.45) is 0 Å². The monoisotopic (exact) mass is 436 g/mol. The summed E-state index contributed by atoms with van der Waals surface area (Å²) in [7, 11) is 5.40. The lowest BCUT2D eigenvalue weighted by Gasteiger charge is -2.27. The SMILES string of the molecule is COc1ccc(C(O)=C2C(=O)C(=O)N(CCN(C)C)C2c2ccc(C(C)(C)C)cc2)cc1. The van der Waals surface area contributed by atoms with E-state index >= 15 is 0 Å². The first kappa shape index (κ1) is 23.5. The van der Waals surface area contributed by atoms with Gasteiger partial charge in [0, 0.05) is 18.7 Å². The van der Waals surface area contributed by atoms with E-state index in [1.165, 1.54) is 0 Å². The summed E-state index contributed by atoms with van der Waals surface area (Å²) in [6.45, 7) is 7.38. The molecule has 32 heavy (non-hydrogen) atoms. The van der Waals surface area contributed by atoms with E-state index in [0.29, 0.717) is 24.4 Å². The zero-order chi connectivity index (χ0) is 23.6. The number of rotatable bonds is 6. The van der Waals surface area contributed by atoms with Crippen molar-refractivity contribution < 1.29 is 19.4 Å². The smallest absolute Gasteiger partial charge is 0.295 e. The first-order valence-corrected chi connectivity index (χ1v) is 10.7. The third-order valence-electron chi connectivity index (χ3n) is 5.78. The van der Waals surface area contributed by atoms with Crippen molar-refractivity contribution in [2.45, 2.75) is 32.2 Å². The van der Waals surface area contributed by atoms with Crippen LogP contribution in [0.4, 0.5) is 0 Å². The third kappa shape index (κ3) is 4.70. The molecular weight excluding hydrogens is 404 g/mol. The van der Waals surface area contributed by atoms with E-state index in [9.17, 15) is 14.7 Å². The molecular formula is C26H32N2O4. The predicted octanol–water partition coefficient (Wildman–Crippen LogP) is 3.98. The normalized spacial score (nSPS) is 18.5. The van der Waals surface area contributed by atoms with Crippen LogP contribution >= 0.6 is 0 Å². The van der Waals surface area contributed by atoms with E-state index in [1.807, 2.05) is 43.3 Å². The van der Waals surface area contributed by atoms with Crippen LogP contribution < -0.4 is 4.74 Å². The lowest BCUT2D eigenvalue weighted by atomic mass is 9.85. The number of hydrogen-bond acceptors (Lipinski definition) is 5. The highest BCUT2D eigenvalue weighted by atomic mass is 16.5. The number of nitrogens with zero attached hydrogens (tertiary/aromatic N) is 2. The van der Waals surface area contributed by atoms with Crippen LogP contribution in [0.1, 0.15) is 43.5 Å². The summed E-state index contributed by atoms with van der Waals surface area (Å²) in [5.41, 5.74) is 2.51. The van der Waals surface area contributed by atoms with Crippen LogP contribution in [-0.4, -0.2) is 60.9 Å². The number of ketones is 1. The molecule has 6 heteroatoms. The highest BCUT2D eigenvalue weighted by Gasteiger charge is 2.45. The van der Waals surface area contributed by atoms with Crippen LogP contribution in [0.25, 0.3) is 5.76 Å². The van der Waals surface area contributed by atoms with Gasteiger partial charge in [-0.25, -0.2) is 0 Å². The molecule has 1 atom stereocenters. The number of aliphatic hydroxyl groups is 1. The summed E-state index contributed by atoms with van der Waals surface area (Å²) >= 11 is 0. The topological polar surface area (TPSA) is 70.1 Å². The van der Waals surface area contributed by atoms with Crippen LogP contribution in [0.2, 0.25) is 0 Å². The van der Waals surface area contributed by atoms with E-state index in [2.05, 4.69) is 20.8 Å². The maximum atomic E-state index is 13.1. The average Bonchev–Trinajstić information content (AvgIpc) is 3.01. The number of carbonyl (C=O) groups is 2. The first-order valence-electron chi connectivity index (χ1n) is 10.7. The van der Waals surface area contributed by atoms with E-state index in [0.717, 1.165) is 11.1 Å². The van der Waals surface area contributed by atoms with Crippen LogP contribution in [0, 0.1) is 0 Å². The Bertz CT molecular complexity index is 1020. The van der Waals surface area contributed by atoms with Gasteiger partial charge in [0.05, 0.1) is 18.7 Å². The molecule has 0 saturated carbocycles. The number of ether oxygens (including phenoxy) is 1. The molecule has 0 radical (unpaired) electrons. The summed E-state index contributed by atoms with van der Waals surface area (Å²) < 4.78 is 5.18. The molecule has 1 N–H and O–H groups in total. The Morgan fingerprint density at radius 3 is 2.12 bits per heavy atom. The minimum atomic E-state index is -0.665. The lowest BCUT2D eigenvalue weighted by Crippen LogP contribution is -2.35. The molecule has 1 amide bonds. The molecule has 0 aliphatic carbocycles. The van der Waals surface area contributed by atoms with Crippen molar-refractivity contribution in [3.05, 3.63) is 70.8 Å². The second-order valence-corrected chi connectivity index (χ2v) is 9.40. The summed E-state index contributed by atoms with van der Waals surface area (Å²) in [5.74, 6) is -0.792. The van der Waals surface area contributed by atoms with Gasteiger partial charge in [-0.05, 0) is 54.9 Å². The van der Waals surface area contributed by atoms with Gasteiger partial charge in [0.15, 0.2) is 0 Å². The number of benzene rings is 2. The molecule has 6 nitrogen and oxygen atoms in total. The van der Waals surface area contributed by atoms with E-state index in [4.69, 9.17) is 4.74 Å². The Hall–Kier alpha value is -3.12. The van der Waals surface area contributed by atoms with Gasteiger partial charge in [0.2, 0.25) is 0 Å². The molecule has 170 valence electrons. The van der Waals surface area contributed by atoms with Crippen LogP contribution in [0.3, 0.4) is 0 Å². The number of likely N-dealkylation sites (tertiary alicyclic amines) is 1. The Balaban J connectivity index is 2.12. The zero-order valence-corrected chi connectivity index (χ0v) is 19.7. The van der Waals surface area contributed by atoms with Crippen LogP contribution in [0.5, 0.6) is 5.75 Å². The van der Waals surface area contributed by atoms with Crippen LogP contribution in [0.15, 0.2) is 54.1 Å². The second-order valence-electron chi connectivity index (χ2n) is 9.40. The molecule has 3 rings (SSSR count). The molecule has 2 aromatic rings. The van der Waals surface area contributed by atoms with Crippen LogP contribution in [-0.2, 0) is 15.0 Å². The molecule has 1 fully saturated rings. The van der Waals surface area contributed by atoms with Gasteiger partial charge in [-0.15, -0.1) is 0 Å². The fourth-order valence-electron chi connectivity index (χ4n) is 3.83. The van der Waals surface area contributed by atoms with Gasteiger partial charge in [0.1, 0.15) is 11.5 Å². The molecule has 0 bridgehead atoms. The Kier molecular flexibility index (Phi) is 6.74. The van der Waals surface area contributed by atoms with E-state index in [1.54, 1.807) is 36.3 Å². The Labute approximate surface area is 190 Å². The molecule has 1 heterocycles. The molecule has 1 aliphatic rings. The highest BCUT2D eigenvalue weighted by molar-refractivity contribution is 6.46. The minimum Gasteiger partial charge on any atom is -0.507 e. The number of carbonyl (C=O) groups excluding carboxylic acids is 2. The van der Waals surface area contributed by atoms with E-state index < -0.39 is 17.7 Å². The summed E-state index contributed by atoms with van der Waals surface area (Å²) in [6.07, 6.45) is 0. The lowest BCUT2D eigenvalue weighted by molar-refractivity contribution is -0.140. The molecule has 1 saturated heterocycles. The maximum Gasteiger partial charge on any atom is 0.295 e. The molecule has 0 aromatic heterocycles. The fourth-order valence-corrected chi connectivity index (χ4v) is 3.83. The fraction of sp³-hybridized carbons (Fsp3) is 0.385. The second kappa shape index (κ2) is 9.17.